The van der Waals surface area contributed by atoms with Crippen molar-refractivity contribution in [3.63, 3.8) is 0 Å². The lowest BCUT2D eigenvalue weighted by Crippen LogP contribution is -2.24. The molecular formula is C15H16N4S. The third-order valence-electron chi connectivity index (χ3n) is 2.58. The van der Waals surface area contributed by atoms with Crippen LogP contribution in [0.3, 0.4) is 0 Å². The van der Waals surface area contributed by atoms with E-state index in [0.29, 0.717) is 6.42 Å². The zero-order chi connectivity index (χ0) is 14.2. The van der Waals surface area contributed by atoms with E-state index in [1.54, 1.807) is 6.21 Å². The topological polar surface area (TPSA) is 62.4 Å². The van der Waals surface area contributed by atoms with Gasteiger partial charge in [-0.05, 0) is 42.0 Å². The fourth-order valence-corrected chi connectivity index (χ4v) is 1.78. The Morgan fingerprint density at radius 1 is 1.10 bits per heavy atom. The Morgan fingerprint density at radius 3 is 2.60 bits per heavy atom. The lowest BCUT2D eigenvalue weighted by atomic mass is 10.1. The summed E-state index contributed by atoms with van der Waals surface area (Å²) in [6, 6.07) is 18.2. The van der Waals surface area contributed by atoms with Crippen LogP contribution in [-0.4, -0.2) is 11.3 Å². The molecule has 0 fully saturated rings. The molecule has 2 aromatic carbocycles. The zero-order valence-electron chi connectivity index (χ0n) is 10.9. The van der Waals surface area contributed by atoms with E-state index in [0.717, 1.165) is 16.9 Å². The quantitative estimate of drug-likeness (QED) is 0.449. The largest absolute Gasteiger partial charge is 0.375 e. The SMILES string of the molecule is NC(=S)NN=CCc1cccc(Nc2ccccc2)c1. The van der Waals surface area contributed by atoms with Crippen LogP contribution in [0.2, 0.25) is 0 Å². The summed E-state index contributed by atoms with van der Waals surface area (Å²) >= 11 is 4.66. The first kappa shape index (κ1) is 14.0. The average molecular weight is 284 g/mol. The smallest absolute Gasteiger partial charge is 0.184 e. The highest BCUT2D eigenvalue weighted by Gasteiger charge is 1.96. The minimum atomic E-state index is 0.167. The summed E-state index contributed by atoms with van der Waals surface area (Å²) in [6.07, 6.45) is 2.45. The molecule has 4 N–H and O–H groups in total. The second kappa shape index (κ2) is 7.25. The molecule has 0 amide bonds. The van der Waals surface area contributed by atoms with Gasteiger partial charge in [-0.2, -0.15) is 5.10 Å². The van der Waals surface area contributed by atoms with Crippen molar-refractivity contribution in [2.24, 2.45) is 10.8 Å². The van der Waals surface area contributed by atoms with Crippen LogP contribution in [0, 0.1) is 0 Å². The lowest BCUT2D eigenvalue weighted by Gasteiger charge is -2.07. The minimum absolute atomic E-state index is 0.167. The number of thiocarbonyl (C=S) groups is 1. The molecule has 0 saturated heterocycles. The summed E-state index contributed by atoms with van der Waals surface area (Å²) in [5.74, 6) is 0. The van der Waals surface area contributed by atoms with Crippen LogP contribution in [0.4, 0.5) is 11.4 Å². The van der Waals surface area contributed by atoms with E-state index in [-0.39, 0.29) is 5.11 Å². The van der Waals surface area contributed by atoms with Crippen molar-refractivity contribution in [3.05, 3.63) is 60.2 Å². The Bertz CT molecular complexity index is 596. The number of hydrogen-bond donors (Lipinski definition) is 3. The first-order valence-corrected chi connectivity index (χ1v) is 6.63. The lowest BCUT2D eigenvalue weighted by molar-refractivity contribution is 1.03. The van der Waals surface area contributed by atoms with Gasteiger partial charge in [-0.15, -0.1) is 0 Å². The van der Waals surface area contributed by atoms with Crippen LogP contribution in [-0.2, 0) is 6.42 Å². The predicted molar refractivity (Wildman–Crippen MR) is 88.3 cm³/mol. The molecule has 5 heteroatoms. The molecule has 0 spiro atoms. The maximum Gasteiger partial charge on any atom is 0.184 e. The summed E-state index contributed by atoms with van der Waals surface area (Å²) in [7, 11) is 0. The number of benzene rings is 2. The molecule has 0 heterocycles. The van der Waals surface area contributed by atoms with Gasteiger partial charge < -0.3 is 11.1 Å². The summed E-state index contributed by atoms with van der Waals surface area (Å²) in [5.41, 5.74) is 11.1. The van der Waals surface area contributed by atoms with Gasteiger partial charge in [-0.1, -0.05) is 30.3 Å². The van der Waals surface area contributed by atoms with Gasteiger partial charge in [0.25, 0.3) is 0 Å². The van der Waals surface area contributed by atoms with Gasteiger partial charge in [-0.25, -0.2) is 0 Å². The Hall–Kier alpha value is -2.40. The van der Waals surface area contributed by atoms with Gasteiger partial charge in [0, 0.05) is 24.0 Å². The molecule has 0 aliphatic heterocycles. The molecule has 20 heavy (non-hydrogen) atoms. The van der Waals surface area contributed by atoms with Gasteiger partial charge in [0.1, 0.15) is 0 Å². The Labute approximate surface area is 123 Å². The summed E-state index contributed by atoms with van der Waals surface area (Å²) in [4.78, 5) is 0. The van der Waals surface area contributed by atoms with Crippen LogP contribution >= 0.6 is 12.2 Å². The average Bonchev–Trinajstić information content (AvgIpc) is 2.45. The van der Waals surface area contributed by atoms with E-state index in [1.807, 2.05) is 48.5 Å². The molecule has 0 radical (unpaired) electrons. The monoisotopic (exact) mass is 284 g/mol. The summed E-state index contributed by atoms with van der Waals surface area (Å²) in [5, 5.41) is 7.44. The molecule has 0 aliphatic rings. The van der Waals surface area contributed by atoms with E-state index >= 15 is 0 Å². The molecule has 0 atom stereocenters. The second-order valence-electron chi connectivity index (χ2n) is 4.18. The number of hydrazone groups is 1. The fourth-order valence-electron chi connectivity index (χ4n) is 1.72. The molecule has 4 nitrogen and oxygen atoms in total. The number of nitrogens with two attached hydrogens (primary N) is 1. The van der Waals surface area contributed by atoms with Gasteiger partial charge in [0.15, 0.2) is 5.11 Å². The third-order valence-corrected chi connectivity index (χ3v) is 2.67. The Morgan fingerprint density at radius 2 is 1.85 bits per heavy atom. The maximum absolute atomic E-state index is 5.28. The Balaban J connectivity index is 1.97. The summed E-state index contributed by atoms with van der Waals surface area (Å²) in [6.45, 7) is 0. The van der Waals surface area contributed by atoms with Crippen molar-refractivity contribution in [1.29, 1.82) is 0 Å². The molecule has 2 rings (SSSR count). The number of anilines is 2. The molecule has 0 saturated carbocycles. The highest BCUT2D eigenvalue weighted by Crippen LogP contribution is 2.17. The molecule has 0 unspecified atom stereocenters. The van der Waals surface area contributed by atoms with Crippen LogP contribution in [0.15, 0.2) is 59.7 Å². The first-order valence-electron chi connectivity index (χ1n) is 6.22. The van der Waals surface area contributed by atoms with E-state index < -0.39 is 0 Å². The van der Waals surface area contributed by atoms with Crippen LogP contribution in [0.1, 0.15) is 5.56 Å². The summed E-state index contributed by atoms with van der Waals surface area (Å²) < 4.78 is 0. The second-order valence-corrected chi connectivity index (χ2v) is 4.62. The van der Waals surface area contributed by atoms with Gasteiger partial charge in [-0.3, -0.25) is 5.43 Å². The first-order chi connectivity index (χ1) is 9.74. The maximum atomic E-state index is 5.28. The van der Waals surface area contributed by atoms with Gasteiger partial charge in [0.2, 0.25) is 0 Å². The normalized spacial score (nSPS) is 10.4. The third kappa shape index (κ3) is 4.70. The van der Waals surface area contributed by atoms with Crippen LogP contribution in [0.25, 0.3) is 0 Å². The van der Waals surface area contributed by atoms with E-state index in [2.05, 4.69) is 34.1 Å². The molecular weight excluding hydrogens is 268 g/mol. The highest BCUT2D eigenvalue weighted by molar-refractivity contribution is 7.80. The van der Waals surface area contributed by atoms with Gasteiger partial charge in [0.05, 0.1) is 0 Å². The molecule has 2 aromatic rings. The zero-order valence-corrected chi connectivity index (χ0v) is 11.7. The minimum Gasteiger partial charge on any atom is -0.375 e. The Kier molecular flexibility index (Phi) is 5.08. The van der Waals surface area contributed by atoms with Crippen molar-refractivity contribution in [3.8, 4) is 0 Å². The number of rotatable bonds is 5. The van der Waals surface area contributed by atoms with E-state index in [9.17, 15) is 0 Å². The van der Waals surface area contributed by atoms with E-state index in [1.165, 1.54) is 0 Å². The standard InChI is InChI=1S/C15H16N4S/c16-15(20)19-17-10-9-12-5-4-8-14(11-12)18-13-6-2-1-3-7-13/h1-8,10-11,18H,9H2,(H3,16,19,20). The van der Waals surface area contributed by atoms with Crippen LogP contribution < -0.4 is 16.5 Å². The molecule has 0 bridgehead atoms. The van der Waals surface area contributed by atoms with E-state index in [4.69, 9.17) is 5.73 Å². The van der Waals surface area contributed by atoms with Crippen molar-refractivity contribution >= 4 is 34.9 Å². The van der Waals surface area contributed by atoms with Crippen LogP contribution in [0.5, 0.6) is 0 Å². The number of nitrogens with one attached hydrogen (secondary N) is 2. The van der Waals surface area contributed by atoms with Crippen molar-refractivity contribution in [1.82, 2.24) is 5.43 Å². The fraction of sp³-hybridized carbons (Fsp3) is 0.0667. The molecule has 0 aromatic heterocycles. The van der Waals surface area contributed by atoms with Crippen molar-refractivity contribution < 1.29 is 0 Å². The molecule has 0 aliphatic carbocycles. The van der Waals surface area contributed by atoms with Gasteiger partial charge >= 0.3 is 0 Å². The predicted octanol–water partition coefficient (Wildman–Crippen LogP) is 2.79. The molecule has 102 valence electrons. The number of nitrogens with zero attached hydrogens (tertiary/aromatic N) is 1. The van der Waals surface area contributed by atoms with Crippen molar-refractivity contribution in [2.45, 2.75) is 6.42 Å². The number of para-hydroxylation sites is 1. The highest BCUT2D eigenvalue weighted by atomic mass is 32.1. The number of hydrogen-bond acceptors (Lipinski definition) is 3. The van der Waals surface area contributed by atoms with Crippen molar-refractivity contribution in [2.75, 3.05) is 5.32 Å².